The number of carbonyl (C=O) groups is 3. The molecular weight excluding hydrogens is 462 g/mol. The van der Waals surface area contributed by atoms with Gasteiger partial charge in [0.2, 0.25) is 5.91 Å². The maximum absolute atomic E-state index is 12.5. The van der Waals surface area contributed by atoms with Crippen molar-refractivity contribution in [1.82, 2.24) is 15.2 Å². The van der Waals surface area contributed by atoms with Gasteiger partial charge in [-0.2, -0.15) is 4.99 Å². The zero-order chi connectivity index (χ0) is 24.2. The van der Waals surface area contributed by atoms with Gasteiger partial charge in [-0.05, 0) is 55.2 Å². The maximum Gasteiger partial charge on any atom is 0.262 e. The minimum Gasteiger partial charge on any atom is -0.361 e. The average Bonchev–Trinajstić information content (AvgIpc) is 3.61. The highest BCUT2D eigenvalue weighted by Crippen LogP contribution is 2.29. The summed E-state index contributed by atoms with van der Waals surface area (Å²) in [6.07, 6.45) is 4.99. The Morgan fingerprint density at radius 1 is 1.09 bits per heavy atom. The molecule has 3 aromatic rings. The molecule has 2 aromatic carbocycles. The van der Waals surface area contributed by atoms with Crippen molar-refractivity contribution in [3.63, 3.8) is 0 Å². The van der Waals surface area contributed by atoms with Crippen molar-refractivity contribution < 1.29 is 14.4 Å². The zero-order valence-corrected chi connectivity index (χ0v) is 20.1. The van der Waals surface area contributed by atoms with Crippen LogP contribution in [0.3, 0.4) is 0 Å². The number of fused-ring (bicyclic) bond motifs is 1. The van der Waals surface area contributed by atoms with Crippen LogP contribution in [0, 0.1) is 0 Å². The van der Waals surface area contributed by atoms with E-state index in [0.717, 1.165) is 48.6 Å². The number of rotatable bonds is 7. The predicted octanol–water partition coefficient (Wildman–Crippen LogP) is 3.56. The molecule has 1 atom stereocenters. The minimum atomic E-state index is -0.479. The fourth-order valence-corrected chi connectivity index (χ4v) is 5.51. The first-order valence-corrected chi connectivity index (χ1v) is 12.7. The van der Waals surface area contributed by atoms with Crippen molar-refractivity contribution in [1.29, 1.82) is 0 Å². The third-order valence-corrected chi connectivity index (χ3v) is 7.48. The Hall–Kier alpha value is -3.59. The van der Waals surface area contributed by atoms with E-state index in [-0.39, 0.29) is 24.1 Å². The van der Waals surface area contributed by atoms with Crippen LogP contribution in [0.4, 0.5) is 5.69 Å². The van der Waals surface area contributed by atoms with Gasteiger partial charge < -0.3 is 20.5 Å². The summed E-state index contributed by atoms with van der Waals surface area (Å²) in [5.74, 6) is -0.654. The van der Waals surface area contributed by atoms with E-state index in [4.69, 9.17) is 0 Å². The van der Waals surface area contributed by atoms with E-state index in [9.17, 15) is 14.4 Å². The van der Waals surface area contributed by atoms with Gasteiger partial charge >= 0.3 is 0 Å². The van der Waals surface area contributed by atoms with E-state index in [1.807, 2.05) is 24.4 Å². The molecule has 3 amide bonds. The molecule has 3 N–H and O–H groups in total. The number of anilines is 1. The highest BCUT2D eigenvalue weighted by atomic mass is 32.2. The summed E-state index contributed by atoms with van der Waals surface area (Å²) in [5, 5.41) is 7.19. The molecule has 180 valence electrons. The molecule has 0 aliphatic carbocycles. The van der Waals surface area contributed by atoms with Crippen molar-refractivity contribution in [2.45, 2.75) is 30.9 Å². The number of hydrogen-bond donors (Lipinski definition) is 3. The fourth-order valence-electron chi connectivity index (χ4n) is 4.39. The number of amidine groups is 1. The van der Waals surface area contributed by atoms with Gasteiger partial charge in [0.05, 0.1) is 0 Å². The lowest BCUT2D eigenvalue weighted by molar-refractivity contribution is -0.121. The highest BCUT2D eigenvalue weighted by molar-refractivity contribution is 8.15. The minimum absolute atomic E-state index is 0.0699. The molecule has 35 heavy (non-hydrogen) atoms. The summed E-state index contributed by atoms with van der Waals surface area (Å²) in [6.45, 7) is 2.36. The lowest BCUT2D eigenvalue weighted by Crippen LogP contribution is -2.26. The summed E-state index contributed by atoms with van der Waals surface area (Å²) in [4.78, 5) is 46.7. The van der Waals surface area contributed by atoms with Crippen molar-refractivity contribution in [2.24, 2.45) is 4.99 Å². The molecule has 1 fully saturated rings. The van der Waals surface area contributed by atoms with E-state index in [1.54, 1.807) is 24.3 Å². The molecule has 1 aromatic heterocycles. The molecule has 2 aliphatic rings. The first kappa shape index (κ1) is 23.2. The van der Waals surface area contributed by atoms with Gasteiger partial charge in [-0.15, -0.1) is 0 Å². The van der Waals surface area contributed by atoms with Crippen LogP contribution < -0.4 is 10.6 Å². The molecule has 0 spiro atoms. The molecule has 0 bridgehead atoms. The summed E-state index contributed by atoms with van der Waals surface area (Å²) < 4.78 is 0. The number of carbonyl (C=O) groups excluding carboxylic acids is 3. The number of benzene rings is 2. The average molecular weight is 490 g/mol. The number of nitrogens with one attached hydrogen (secondary N) is 3. The number of aromatic amines is 1. The SMILES string of the molecule is O=C(C[C@@H]1SC(N2CCCC2)=NC1=O)Nc1ccc(C(=O)NCCc2c[nH]c3ccccc23)cc1. The lowest BCUT2D eigenvalue weighted by atomic mass is 10.1. The molecule has 3 heterocycles. The van der Waals surface area contributed by atoms with Gasteiger partial charge in [-0.3, -0.25) is 14.4 Å². The van der Waals surface area contributed by atoms with Crippen LogP contribution in [0.1, 0.15) is 35.2 Å². The number of H-pyrrole nitrogens is 1. The second-order valence-corrected chi connectivity index (χ2v) is 9.90. The Labute approximate surface area is 207 Å². The first-order chi connectivity index (χ1) is 17.1. The number of para-hydroxylation sites is 1. The van der Waals surface area contributed by atoms with Gasteiger partial charge in [0.25, 0.3) is 11.8 Å². The third kappa shape index (κ3) is 5.40. The summed E-state index contributed by atoms with van der Waals surface area (Å²) in [5.41, 5.74) is 3.35. The van der Waals surface area contributed by atoms with Crippen molar-refractivity contribution in [2.75, 3.05) is 25.0 Å². The molecule has 9 heteroatoms. The Bertz CT molecular complexity index is 1280. The van der Waals surface area contributed by atoms with E-state index < -0.39 is 5.25 Å². The second kappa shape index (κ2) is 10.4. The van der Waals surface area contributed by atoms with Gasteiger partial charge in [0.1, 0.15) is 5.25 Å². The van der Waals surface area contributed by atoms with Gasteiger partial charge in [0.15, 0.2) is 5.17 Å². The number of amides is 3. The highest BCUT2D eigenvalue weighted by Gasteiger charge is 2.33. The number of thioether (sulfide) groups is 1. The van der Waals surface area contributed by atoms with Crippen molar-refractivity contribution in [3.8, 4) is 0 Å². The van der Waals surface area contributed by atoms with Crippen LogP contribution in [0.15, 0.2) is 59.7 Å². The maximum atomic E-state index is 12.5. The zero-order valence-electron chi connectivity index (χ0n) is 19.3. The van der Waals surface area contributed by atoms with Crippen LogP contribution in [0.25, 0.3) is 10.9 Å². The summed E-state index contributed by atoms with van der Waals surface area (Å²) in [7, 11) is 0. The van der Waals surface area contributed by atoms with Crippen molar-refractivity contribution >= 4 is 51.2 Å². The second-order valence-electron chi connectivity index (χ2n) is 8.73. The largest absolute Gasteiger partial charge is 0.361 e. The molecule has 2 aliphatic heterocycles. The molecule has 8 nitrogen and oxygen atoms in total. The van der Waals surface area contributed by atoms with Gasteiger partial charge in [-0.25, -0.2) is 0 Å². The Morgan fingerprint density at radius 3 is 2.66 bits per heavy atom. The van der Waals surface area contributed by atoms with E-state index in [1.165, 1.54) is 17.1 Å². The van der Waals surface area contributed by atoms with Crippen LogP contribution in [0.5, 0.6) is 0 Å². The molecular formula is C26H27N5O3S. The monoisotopic (exact) mass is 489 g/mol. The Balaban J connectivity index is 1.08. The van der Waals surface area contributed by atoms with Crippen LogP contribution in [-0.2, 0) is 16.0 Å². The Morgan fingerprint density at radius 2 is 1.86 bits per heavy atom. The summed E-state index contributed by atoms with van der Waals surface area (Å²) >= 11 is 1.38. The summed E-state index contributed by atoms with van der Waals surface area (Å²) in [6, 6.07) is 14.8. The first-order valence-electron chi connectivity index (χ1n) is 11.8. The van der Waals surface area contributed by atoms with Crippen molar-refractivity contribution in [3.05, 3.63) is 65.9 Å². The molecule has 0 radical (unpaired) electrons. The molecule has 0 saturated carbocycles. The van der Waals surface area contributed by atoms with Crippen LogP contribution in [-0.4, -0.2) is 57.7 Å². The van der Waals surface area contributed by atoms with Crippen LogP contribution in [0.2, 0.25) is 0 Å². The predicted molar refractivity (Wildman–Crippen MR) is 139 cm³/mol. The smallest absolute Gasteiger partial charge is 0.262 e. The quantitative estimate of drug-likeness (QED) is 0.471. The number of likely N-dealkylation sites (tertiary alicyclic amines) is 1. The van der Waals surface area contributed by atoms with Gasteiger partial charge in [-0.1, -0.05) is 30.0 Å². The number of aliphatic imine (C=N–C) groups is 1. The third-order valence-electron chi connectivity index (χ3n) is 6.26. The van der Waals surface area contributed by atoms with E-state index in [2.05, 4.69) is 31.6 Å². The fraction of sp³-hybridized carbons (Fsp3) is 0.308. The lowest BCUT2D eigenvalue weighted by Gasteiger charge is -2.16. The number of hydrogen-bond acceptors (Lipinski definition) is 5. The van der Waals surface area contributed by atoms with E-state index >= 15 is 0 Å². The number of nitrogens with zero attached hydrogens (tertiary/aromatic N) is 2. The number of aromatic nitrogens is 1. The normalized spacial score (nSPS) is 17.6. The van der Waals surface area contributed by atoms with Crippen LogP contribution >= 0.6 is 11.8 Å². The standard InChI is InChI=1S/C26H27N5O3S/c32-23(15-22-25(34)30-26(35-22)31-13-3-4-14-31)29-19-9-7-17(8-10-19)24(33)27-12-11-18-16-28-21-6-2-1-5-20(18)21/h1-2,5-10,16,22,28H,3-4,11-15H2,(H,27,33)(H,29,32)/t22-/m0/s1. The topological polar surface area (TPSA) is 107 Å². The van der Waals surface area contributed by atoms with E-state index in [0.29, 0.717) is 17.8 Å². The molecule has 1 saturated heterocycles. The molecule has 0 unspecified atom stereocenters. The molecule has 5 rings (SSSR count). The van der Waals surface area contributed by atoms with Gasteiger partial charge in [0, 0.05) is 54.4 Å². The Kier molecular flexibility index (Phi) is 6.85.